The number of benzene rings is 2. The molecule has 32 heavy (non-hydrogen) atoms. The molecule has 0 aliphatic carbocycles. The van der Waals surface area contributed by atoms with Gasteiger partial charge in [-0.2, -0.15) is 5.10 Å². The molecule has 0 fully saturated rings. The van der Waals surface area contributed by atoms with Crippen molar-refractivity contribution in [2.24, 2.45) is 5.92 Å². The quantitative estimate of drug-likeness (QED) is 0.531. The van der Waals surface area contributed by atoms with E-state index >= 15 is 0 Å². The molecule has 3 aromatic rings. The first-order valence-electron chi connectivity index (χ1n) is 10.5. The maximum atomic E-state index is 14.5. The lowest BCUT2D eigenvalue weighted by atomic mass is 9.92. The maximum absolute atomic E-state index is 14.5. The zero-order valence-corrected chi connectivity index (χ0v) is 18.4. The molecule has 0 aliphatic heterocycles. The van der Waals surface area contributed by atoms with Crippen molar-refractivity contribution < 1.29 is 18.7 Å². The normalized spacial score (nSPS) is 14.2. The molecule has 0 saturated heterocycles. The van der Waals surface area contributed by atoms with Crippen LogP contribution in [0.3, 0.4) is 0 Å². The molecule has 1 amide bonds. The summed E-state index contributed by atoms with van der Waals surface area (Å²) in [5, 5.41) is 17.9. The number of carbonyl (C=O) groups is 1. The first kappa shape index (κ1) is 23.5. The Kier molecular flexibility index (Phi) is 7.35. The number of hydrogen-bond donors (Lipinski definition) is 2. The predicted molar refractivity (Wildman–Crippen MR) is 117 cm³/mol. The Bertz CT molecular complexity index is 1040. The molecule has 0 bridgehead atoms. The average Bonchev–Trinajstić information content (AvgIpc) is 3.24. The van der Waals surface area contributed by atoms with E-state index in [9.17, 15) is 18.7 Å². The van der Waals surface area contributed by atoms with Crippen LogP contribution in [0.5, 0.6) is 0 Å². The highest BCUT2D eigenvalue weighted by molar-refractivity contribution is 5.83. The van der Waals surface area contributed by atoms with Crippen LogP contribution in [0, 0.1) is 17.6 Å². The van der Waals surface area contributed by atoms with Crippen molar-refractivity contribution in [2.75, 3.05) is 6.54 Å². The van der Waals surface area contributed by atoms with Crippen LogP contribution in [0.15, 0.2) is 55.1 Å². The van der Waals surface area contributed by atoms with E-state index in [1.807, 2.05) is 24.3 Å². The third-order valence-corrected chi connectivity index (χ3v) is 5.39. The maximum Gasteiger partial charge on any atom is 0.227 e. The molecule has 3 rings (SSSR count). The zero-order valence-electron chi connectivity index (χ0n) is 18.4. The molecular weight excluding hydrogens is 414 g/mol. The minimum Gasteiger partial charge on any atom is -0.381 e. The summed E-state index contributed by atoms with van der Waals surface area (Å²) in [5.74, 6) is -1.92. The Morgan fingerprint density at radius 3 is 2.47 bits per heavy atom. The molecule has 8 heteroatoms. The van der Waals surface area contributed by atoms with Gasteiger partial charge in [-0.05, 0) is 36.5 Å². The number of hydrogen-bond acceptors (Lipinski definition) is 4. The fourth-order valence-corrected chi connectivity index (χ4v) is 3.64. The zero-order chi connectivity index (χ0) is 23.3. The number of carbonyl (C=O) groups excluding carboxylic acids is 1. The first-order chi connectivity index (χ1) is 15.2. The molecule has 6 nitrogen and oxygen atoms in total. The van der Waals surface area contributed by atoms with E-state index < -0.39 is 23.2 Å². The van der Waals surface area contributed by atoms with Gasteiger partial charge in [0, 0.05) is 11.6 Å². The Morgan fingerprint density at radius 1 is 1.16 bits per heavy atom. The fraction of sp³-hybridized carbons (Fsp3) is 0.375. The van der Waals surface area contributed by atoms with E-state index in [1.54, 1.807) is 6.92 Å². The van der Waals surface area contributed by atoms with Crippen LogP contribution < -0.4 is 5.32 Å². The van der Waals surface area contributed by atoms with E-state index in [4.69, 9.17) is 0 Å². The molecule has 0 radical (unpaired) electrons. The van der Waals surface area contributed by atoms with Crippen molar-refractivity contribution in [1.82, 2.24) is 20.1 Å². The fourth-order valence-electron chi connectivity index (χ4n) is 3.64. The highest BCUT2D eigenvalue weighted by Crippen LogP contribution is 2.27. The van der Waals surface area contributed by atoms with Crippen LogP contribution in [-0.4, -0.2) is 32.3 Å². The Labute approximate surface area is 186 Å². The largest absolute Gasteiger partial charge is 0.381 e. The summed E-state index contributed by atoms with van der Waals surface area (Å²) in [6.07, 6.45) is 3.61. The van der Waals surface area contributed by atoms with Gasteiger partial charge in [-0.1, -0.05) is 44.2 Å². The molecule has 0 spiro atoms. The van der Waals surface area contributed by atoms with E-state index in [-0.39, 0.29) is 24.6 Å². The number of nitrogens with zero attached hydrogens (tertiary/aromatic N) is 3. The summed E-state index contributed by atoms with van der Waals surface area (Å²) >= 11 is 0. The van der Waals surface area contributed by atoms with Gasteiger partial charge in [0.15, 0.2) is 0 Å². The molecule has 2 aromatic carbocycles. The van der Waals surface area contributed by atoms with Crippen molar-refractivity contribution in [3.63, 3.8) is 0 Å². The third kappa shape index (κ3) is 5.76. The van der Waals surface area contributed by atoms with E-state index in [0.717, 1.165) is 18.1 Å². The highest BCUT2D eigenvalue weighted by atomic mass is 19.1. The second-order valence-electron chi connectivity index (χ2n) is 8.53. The van der Waals surface area contributed by atoms with Gasteiger partial charge in [-0.15, -0.1) is 0 Å². The third-order valence-electron chi connectivity index (χ3n) is 5.39. The van der Waals surface area contributed by atoms with Crippen molar-refractivity contribution in [3.8, 4) is 0 Å². The van der Waals surface area contributed by atoms with Crippen LogP contribution in [0.4, 0.5) is 8.78 Å². The molecule has 2 N–H and O–H groups in total. The molecule has 0 saturated carbocycles. The second-order valence-corrected chi connectivity index (χ2v) is 8.53. The number of aliphatic hydroxyl groups is 1. The van der Waals surface area contributed by atoms with Crippen LogP contribution in [0.25, 0.3) is 0 Å². The minimum atomic E-state index is -1.86. The number of rotatable bonds is 9. The van der Waals surface area contributed by atoms with Crippen molar-refractivity contribution in [2.45, 2.75) is 45.3 Å². The predicted octanol–water partition coefficient (Wildman–Crippen LogP) is 3.56. The number of halogens is 2. The van der Waals surface area contributed by atoms with Gasteiger partial charge in [-0.25, -0.2) is 18.4 Å². The summed E-state index contributed by atoms with van der Waals surface area (Å²) in [7, 11) is 0. The molecule has 0 unspecified atom stereocenters. The molecule has 1 aromatic heterocycles. The van der Waals surface area contributed by atoms with Crippen molar-refractivity contribution in [1.29, 1.82) is 0 Å². The standard InChI is InChI=1S/C24H28F2N4O2/c1-16(2)10-18-4-6-19(7-5-18)17(3)23(31)28-12-24(32,13-30-15-27-14-29-30)21-9-8-20(25)11-22(21)26/h4-9,11,14-17,32H,10,12-13H2,1-3H3,(H,28,31)/t17-,24+/m0/s1. The lowest BCUT2D eigenvalue weighted by molar-refractivity contribution is -0.123. The van der Waals surface area contributed by atoms with Gasteiger partial charge in [-0.3, -0.25) is 4.79 Å². The first-order valence-corrected chi connectivity index (χ1v) is 10.5. The topological polar surface area (TPSA) is 80.0 Å². The minimum absolute atomic E-state index is 0.139. The molecule has 0 aliphatic rings. The van der Waals surface area contributed by atoms with E-state index in [2.05, 4.69) is 29.2 Å². The van der Waals surface area contributed by atoms with Gasteiger partial charge in [0.05, 0.1) is 19.0 Å². The molecule has 1 heterocycles. The van der Waals surface area contributed by atoms with Gasteiger partial charge in [0.2, 0.25) is 5.91 Å². The van der Waals surface area contributed by atoms with Crippen LogP contribution in [0.1, 0.15) is 43.4 Å². The molecular formula is C24H28F2N4O2. The van der Waals surface area contributed by atoms with Crippen LogP contribution >= 0.6 is 0 Å². The number of aromatic nitrogens is 3. The van der Waals surface area contributed by atoms with Gasteiger partial charge in [0.1, 0.15) is 29.9 Å². The SMILES string of the molecule is CC(C)Cc1ccc([C@H](C)C(=O)NC[C@@](O)(Cn2cncn2)c2ccc(F)cc2F)cc1. The molecule has 170 valence electrons. The lowest BCUT2D eigenvalue weighted by Crippen LogP contribution is -2.45. The van der Waals surface area contributed by atoms with Gasteiger partial charge in [0.25, 0.3) is 0 Å². The summed E-state index contributed by atoms with van der Waals surface area (Å²) in [6.45, 7) is 5.60. The number of nitrogens with one attached hydrogen (secondary N) is 1. The van der Waals surface area contributed by atoms with Gasteiger partial charge >= 0.3 is 0 Å². The Balaban J connectivity index is 1.75. The second kappa shape index (κ2) is 9.99. The smallest absolute Gasteiger partial charge is 0.227 e. The van der Waals surface area contributed by atoms with Crippen LogP contribution in [0.2, 0.25) is 0 Å². The highest BCUT2D eigenvalue weighted by Gasteiger charge is 2.34. The Hall–Kier alpha value is -3.13. The lowest BCUT2D eigenvalue weighted by Gasteiger charge is -2.29. The van der Waals surface area contributed by atoms with Gasteiger partial charge < -0.3 is 10.4 Å². The number of amides is 1. The summed E-state index contributed by atoms with van der Waals surface area (Å²) in [4.78, 5) is 16.6. The average molecular weight is 443 g/mol. The van der Waals surface area contributed by atoms with Crippen LogP contribution in [-0.2, 0) is 23.4 Å². The summed E-state index contributed by atoms with van der Waals surface area (Å²) in [5.41, 5.74) is 0.0376. The summed E-state index contributed by atoms with van der Waals surface area (Å²) in [6, 6.07) is 10.8. The van der Waals surface area contributed by atoms with E-state index in [1.165, 1.54) is 29.0 Å². The Morgan fingerprint density at radius 2 is 1.88 bits per heavy atom. The van der Waals surface area contributed by atoms with E-state index in [0.29, 0.717) is 12.0 Å². The van der Waals surface area contributed by atoms with Crippen molar-refractivity contribution in [3.05, 3.63) is 83.4 Å². The summed E-state index contributed by atoms with van der Waals surface area (Å²) < 4.78 is 29.2. The van der Waals surface area contributed by atoms with Crippen molar-refractivity contribution >= 4 is 5.91 Å². The monoisotopic (exact) mass is 442 g/mol. The molecule has 2 atom stereocenters.